The summed E-state index contributed by atoms with van der Waals surface area (Å²) in [5.41, 5.74) is 0.926. The number of H-pyrrole nitrogens is 1. The van der Waals surface area contributed by atoms with Crippen LogP contribution in [0.5, 0.6) is 0 Å². The molecule has 0 spiro atoms. The lowest BCUT2D eigenvalue weighted by Gasteiger charge is -2.09. The molecule has 0 atom stereocenters. The Kier molecular flexibility index (Phi) is 5.41. The Morgan fingerprint density at radius 2 is 1.81 bits per heavy atom. The van der Waals surface area contributed by atoms with E-state index in [1.807, 2.05) is 18.2 Å². The van der Waals surface area contributed by atoms with Gasteiger partial charge in [-0.15, -0.1) is 0 Å². The molecule has 0 aliphatic carbocycles. The standard InChI is InChI=1S/C20H17N3O4/c1-13(24)21-17(11-14-7-3-2-4-8-14)20(26)27-12-18-22-16-10-6-5-9-15(16)19(25)23-18/h2-11H,12H2,1H3,(H,21,24)(H,22,23,25)/b17-11-. The molecular weight excluding hydrogens is 346 g/mol. The minimum atomic E-state index is -0.732. The molecule has 1 aromatic heterocycles. The van der Waals surface area contributed by atoms with Crippen LogP contribution in [0, 0.1) is 0 Å². The predicted octanol–water partition coefficient (Wildman–Crippen LogP) is 2.14. The van der Waals surface area contributed by atoms with Crippen molar-refractivity contribution >= 4 is 28.9 Å². The van der Waals surface area contributed by atoms with Gasteiger partial charge in [0, 0.05) is 6.92 Å². The SMILES string of the molecule is CC(=O)N/C(=C\c1ccccc1)C(=O)OCc1nc2ccccc2c(=O)[nH]1. The van der Waals surface area contributed by atoms with Crippen LogP contribution in [0.4, 0.5) is 0 Å². The average Bonchev–Trinajstić information content (AvgIpc) is 2.66. The molecule has 0 fully saturated rings. The molecule has 0 unspecified atom stereocenters. The fraction of sp³-hybridized carbons (Fsp3) is 0.100. The number of fused-ring (bicyclic) bond motifs is 1. The van der Waals surface area contributed by atoms with Crippen molar-refractivity contribution < 1.29 is 14.3 Å². The van der Waals surface area contributed by atoms with Crippen LogP contribution in [0.1, 0.15) is 18.3 Å². The van der Waals surface area contributed by atoms with Crippen molar-refractivity contribution in [1.29, 1.82) is 0 Å². The number of amides is 1. The molecule has 3 rings (SSSR count). The number of aromatic nitrogens is 2. The molecule has 1 amide bonds. The van der Waals surface area contributed by atoms with Gasteiger partial charge in [0.2, 0.25) is 5.91 Å². The lowest BCUT2D eigenvalue weighted by atomic mass is 10.2. The quantitative estimate of drug-likeness (QED) is 0.534. The van der Waals surface area contributed by atoms with Crippen LogP contribution in [-0.4, -0.2) is 21.8 Å². The molecule has 2 aromatic carbocycles. The molecule has 7 heteroatoms. The van der Waals surface area contributed by atoms with Gasteiger partial charge in [-0.05, 0) is 23.8 Å². The van der Waals surface area contributed by atoms with Gasteiger partial charge in [0.15, 0.2) is 0 Å². The van der Waals surface area contributed by atoms with Crippen LogP contribution < -0.4 is 10.9 Å². The van der Waals surface area contributed by atoms with Crippen LogP contribution >= 0.6 is 0 Å². The van der Waals surface area contributed by atoms with Crippen molar-refractivity contribution in [3.8, 4) is 0 Å². The molecule has 1 heterocycles. The highest BCUT2D eigenvalue weighted by Crippen LogP contribution is 2.09. The molecule has 136 valence electrons. The number of carbonyl (C=O) groups is 2. The van der Waals surface area contributed by atoms with E-state index < -0.39 is 11.9 Å². The zero-order valence-electron chi connectivity index (χ0n) is 14.6. The monoisotopic (exact) mass is 363 g/mol. The minimum Gasteiger partial charge on any atom is -0.453 e. The van der Waals surface area contributed by atoms with E-state index >= 15 is 0 Å². The minimum absolute atomic E-state index is 0.00293. The number of aromatic amines is 1. The van der Waals surface area contributed by atoms with E-state index in [1.54, 1.807) is 36.4 Å². The average molecular weight is 363 g/mol. The molecule has 0 aliphatic heterocycles. The summed E-state index contributed by atoms with van der Waals surface area (Å²) in [5, 5.41) is 2.91. The number of rotatable bonds is 5. The fourth-order valence-corrected chi connectivity index (χ4v) is 2.47. The molecule has 0 bridgehead atoms. The van der Waals surface area contributed by atoms with Crippen LogP contribution in [0.2, 0.25) is 0 Å². The zero-order chi connectivity index (χ0) is 19.2. The summed E-state index contributed by atoms with van der Waals surface area (Å²) < 4.78 is 5.21. The van der Waals surface area contributed by atoms with Crippen molar-refractivity contribution in [3.63, 3.8) is 0 Å². The third kappa shape index (κ3) is 4.66. The van der Waals surface area contributed by atoms with E-state index in [0.29, 0.717) is 10.9 Å². The number of benzene rings is 2. The zero-order valence-corrected chi connectivity index (χ0v) is 14.6. The van der Waals surface area contributed by atoms with Gasteiger partial charge < -0.3 is 15.0 Å². The van der Waals surface area contributed by atoms with E-state index in [2.05, 4.69) is 15.3 Å². The van der Waals surface area contributed by atoms with Crippen molar-refractivity contribution in [3.05, 3.63) is 82.0 Å². The normalized spacial score (nSPS) is 11.2. The highest BCUT2D eigenvalue weighted by Gasteiger charge is 2.14. The Bertz CT molecular complexity index is 1070. The van der Waals surface area contributed by atoms with Crippen LogP contribution in [-0.2, 0) is 20.9 Å². The first-order valence-corrected chi connectivity index (χ1v) is 8.22. The fourth-order valence-electron chi connectivity index (χ4n) is 2.47. The molecule has 0 saturated carbocycles. The summed E-state index contributed by atoms with van der Waals surface area (Å²) in [6, 6.07) is 15.9. The largest absolute Gasteiger partial charge is 0.453 e. The Morgan fingerprint density at radius 1 is 1.11 bits per heavy atom. The van der Waals surface area contributed by atoms with E-state index in [-0.39, 0.29) is 23.7 Å². The Morgan fingerprint density at radius 3 is 2.56 bits per heavy atom. The summed E-state index contributed by atoms with van der Waals surface area (Å²) in [5.74, 6) is -0.912. The summed E-state index contributed by atoms with van der Waals surface area (Å²) >= 11 is 0. The van der Waals surface area contributed by atoms with E-state index in [0.717, 1.165) is 5.56 Å². The van der Waals surface area contributed by atoms with Gasteiger partial charge in [-0.2, -0.15) is 0 Å². The maximum absolute atomic E-state index is 12.4. The number of hydrogen-bond donors (Lipinski definition) is 2. The highest BCUT2D eigenvalue weighted by molar-refractivity contribution is 5.97. The topological polar surface area (TPSA) is 101 Å². The smallest absolute Gasteiger partial charge is 0.355 e. The Labute approximate surface area is 154 Å². The van der Waals surface area contributed by atoms with Crippen LogP contribution in [0.25, 0.3) is 17.0 Å². The van der Waals surface area contributed by atoms with E-state index in [9.17, 15) is 14.4 Å². The van der Waals surface area contributed by atoms with Crippen molar-refractivity contribution in [1.82, 2.24) is 15.3 Å². The number of para-hydroxylation sites is 1. The number of nitrogens with zero attached hydrogens (tertiary/aromatic N) is 1. The lowest BCUT2D eigenvalue weighted by Crippen LogP contribution is -2.26. The van der Waals surface area contributed by atoms with Gasteiger partial charge in [-0.1, -0.05) is 42.5 Å². The van der Waals surface area contributed by atoms with Gasteiger partial charge >= 0.3 is 5.97 Å². The Balaban J connectivity index is 1.79. The maximum atomic E-state index is 12.4. The second-order valence-corrected chi connectivity index (χ2v) is 5.76. The molecule has 0 saturated heterocycles. The summed E-state index contributed by atoms with van der Waals surface area (Å²) in [4.78, 5) is 42.7. The van der Waals surface area contributed by atoms with Crippen molar-refractivity contribution in [2.45, 2.75) is 13.5 Å². The number of carbonyl (C=O) groups excluding carboxylic acids is 2. The van der Waals surface area contributed by atoms with Gasteiger partial charge in [0.05, 0.1) is 10.9 Å². The number of ether oxygens (including phenoxy) is 1. The van der Waals surface area contributed by atoms with Crippen LogP contribution in [0.15, 0.2) is 65.1 Å². The first-order chi connectivity index (χ1) is 13.0. The summed E-state index contributed by atoms with van der Waals surface area (Å²) in [6.45, 7) is 1.07. The molecule has 7 nitrogen and oxygen atoms in total. The molecule has 2 N–H and O–H groups in total. The number of hydrogen-bond acceptors (Lipinski definition) is 5. The third-order valence-corrected chi connectivity index (χ3v) is 3.64. The van der Waals surface area contributed by atoms with Gasteiger partial charge in [0.1, 0.15) is 18.1 Å². The van der Waals surface area contributed by atoms with E-state index in [4.69, 9.17) is 4.74 Å². The second kappa shape index (κ2) is 8.09. The number of esters is 1. The van der Waals surface area contributed by atoms with Gasteiger partial charge in [0.25, 0.3) is 5.56 Å². The molecule has 3 aromatic rings. The lowest BCUT2D eigenvalue weighted by molar-refractivity contribution is -0.141. The van der Waals surface area contributed by atoms with Crippen molar-refractivity contribution in [2.75, 3.05) is 0 Å². The van der Waals surface area contributed by atoms with Crippen LogP contribution in [0.3, 0.4) is 0 Å². The maximum Gasteiger partial charge on any atom is 0.355 e. The predicted molar refractivity (Wildman–Crippen MR) is 100 cm³/mol. The molecular formula is C20H17N3O4. The molecule has 0 aliphatic rings. The molecule has 27 heavy (non-hydrogen) atoms. The molecule has 0 radical (unpaired) electrons. The van der Waals surface area contributed by atoms with Crippen molar-refractivity contribution in [2.24, 2.45) is 0 Å². The summed E-state index contributed by atoms with van der Waals surface area (Å²) in [6.07, 6.45) is 1.51. The second-order valence-electron chi connectivity index (χ2n) is 5.76. The Hall–Kier alpha value is -3.74. The summed E-state index contributed by atoms with van der Waals surface area (Å²) in [7, 11) is 0. The first kappa shape index (κ1) is 18.1. The number of nitrogens with one attached hydrogen (secondary N) is 2. The first-order valence-electron chi connectivity index (χ1n) is 8.22. The van der Waals surface area contributed by atoms with Gasteiger partial charge in [-0.3, -0.25) is 9.59 Å². The third-order valence-electron chi connectivity index (χ3n) is 3.64. The van der Waals surface area contributed by atoms with E-state index in [1.165, 1.54) is 13.0 Å². The highest BCUT2D eigenvalue weighted by atomic mass is 16.5. The van der Waals surface area contributed by atoms with Gasteiger partial charge in [-0.25, -0.2) is 9.78 Å².